The summed E-state index contributed by atoms with van der Waals surface area (Å²) in [7, 11) is 0. The number of nitro benzene ring substituents is 1. The van der Waals surface area contributed by atoms with Gasteiger partial charge in [-0.2, -0.15) is 0 Å². The normalized spacial score (nSPS) is 11.8. The van der Waals surface area contributed by atoms with Crippen molar-refractivity contribution in [2.75, 3.05) is 0 Å². The van der Waals surface area contributed by atoms with E-state index >= 15 is 0 Å². The first-order valence-electron chi connectivity index (χ1n) is 4.44. The highest BCUT2D eigenvalue weighted by Gasteiger charge is 2.23. The van der Waals surface area contributed by atoms with Gasteiger partial charge in [0.2, 0.25) is 0 Å². The number of carboxylic acid groups (broad SMARTS) is 1. The van der Waals surface area contributed by atoms with Crippen molar-refractivity contribution >= 4 is 17.9 Å². The summed E-state index contributed by atoms with van der Waals surface area (Å²) in [4.78, 5) is 31.5. The summed E-state index contributed by atoms with van der Waals surface area (Å²) in [6.07, 6.45) is 0.312. The van der Waals surface area contributed by atoms with Gasteiger partial charge in [-0.3, -0.25) is 19.7 Å². The predicted molar refractivity (Wildman–Crippen MR) is 54.5 cm³/mol. The Hall–Kier alpha value is -2.24. The third-order valence-corrected chi connectivity index (χ3v) is 2.27. The summed E-state index contributed by atoms with van der Waals surface area (Å²) in [5, 5.41) is 19.4. The lowest BCUT2D eigenvalue weighted by molar-refractivity contribution is -0.385. The Kier molecular flexibility index (Phi) is 3.34. The van der Waals surface area contributed by atoms with Crippen LogP contribution in [0.4, 0.5) is 5.69 Å². The van der Waals surface area contributed by atoms with Gasteiger partial charge in [0.05, 0.1) is 16.4 Å². The van der Waals surface area contributed by atoms with Gasteiger partial charge < -0.3 is 5.11 Å². The second-order valence-corrected chi connectivity index (χ2v) is 3.21. The fourth-order valence-corrected chi connectivity index (χ4v) is 1.37. The molecule has 1 aromatic carbocycles. The number of aliphatic carboxylic acids is 1. The van der Waals surface area contributed by atoms with Crippen LogP contribution in [-0.4, -0.2) is 22.3 Å². The van der Waals surface area contributed by atoms with Gasteiger partial charge in [-0.05, 0) is 12.5 Å². The summed E-state index contributed by atoms with van der Waals surface area (Å²) in [6.45, 7) is 1.37. The van der Waals surface area contributed by atoms with Gasteiger partial charge in [-0.25, -0.2) is 0 Å². The largest absolute Gasteiger partial charge is 0.481 e. The molecule has 1 aromatic rings. The maximum absolute atomic E-state index is 10.8. The third kappa shape index (κ3) is 2.05. The zero-order valence-corrected chi connectivity index (χ0v) is 8.41. The van der Waals surface area contributed by atoms with Crippen LogP contribution in [0.25, 0.3) is 0 Å². The average molecular weight is 223 g/mol. The van der Waals surface area contributed by atoms with Crippen LogP contribution in [0.5, 0.6) is 0 Å². The van der Waals surface area contributed by atoms with Crippen molar-refractivity contribution < 1.29 is 19.6 Å². The van der Waals surface area contributed by atoms with Crippen LogP contribution in [-0.2, 0) is 4.79 Å². The van der Waals surface area contributed by atoms with E-state index in [4.69, 9.17) is 5.11 Å². The molecule has 0 amide bonds. The highest BCUT2D eigenvalue weighted by molar-refractivity contribution is 5.87. The molecule has 0 bridgehead atoms. The lowest BCUT2D eigenvalue weighted by Crippen LogP contribution is -2.11. The van der Waals surface area contributed by atoms with Crippen LogP contribution in [0.15, 0.2) is 18.2 Å². The SMILES string of the molecule is CC(C(=O)O)c1cccc([N+](=O)[O-])c1C=O. The number of carbonyl (C=O) groups is 2. The predicted octanol–water partition coefficient (Wildman–Crippen LogP) is 1.60. The molecule has 1 unspecified atom stereocenters. The molecule has 0 aliphatic carbocycles. The summed E-state index contributed by atoms with van der Waals surface area (Å²) >= 11 is 0. The lowest BCUT2D eigenvalue weighted by atomic mass is 9.95. The molecule has 0 spiro atoms. The van der Waals surface area contributed by atoms with Crippen molar-refractivity contribution in [3.05, 3.63) is 39.4 Å². The van der Waals surface area contributed by atoms with Gasteiger partial charge in [0, 0.05) is 6.07 Å². The quantitative estimate of drug-likeness (QED) is 0.475. The summed E-state index contributed by atoms with van der Waals surface area (Å²) in [5.41, 5.74) is -0.403. The van der Waals surface area contributed by atoms with Gasteiger partial charge >= 0.3 is 5.97 Å². The van der Waals surface area contributed by atoms with Gasteiger partial charge in [0.15, 0.2) is 6.29 Å². The highest BCUT2D eigenvalue weighted by atomic mass is 16.6. The molecule has 16 heavy (non-hydrogen) atoms. The third-order valence-electron chi connectivity index (χ3n) is 2.27. The molecule has 0 aliphatic rings. The Morgan fingerprint density at radius 3 is 2.62 bits per heavy atom. The Bertz CT molecular complexity index is 455. The number of carboxylic acids is 1. The number of benzene rings is 1. The molecule has 84 valence electrons. The second-order valence-electron chi connectivity index (χ2n) is 3.21. The van der Waals surface area contributed by atoms with Crippen molar-refractivity contribution in [1.82, 2.24) is 0 Å². The summed E-state index contributed by atoms with van der Waals surface area (Å²) in [5.74, 6) is -2.09. The topological polar surface area (TPSA) is 97.5 Å². The number of rotatable bonds is 4. The Balaban J connectivity index is 3.40. The maximum Gasteiger partial charge on any atom is 0.310 e. The molecule has 1 N–H and O–H groups in total. The van der Waals surface area contributed by atoms with Crippen LogP contribution in [0.3, 0.4) is 0 Å². The molecule has 1 atom stereocenters. The van der Waals surface area contributed by atoms with Gasteiger partial charge in [0.1, 0.15) is 0 Å². The Morgan fingerprint density at radius 2 is 2.19 bits per heavy atom. The van der Waals surface area contributed by atoms with Crippen molar-refractivity contribution in [2.24, 2.45) is 0 Å². The Labute approximate surface area is 90.7 Å². The monoisotopic (exact) mass is 223 g/mol. The first kappa shape index (κ1) is 11.8. The van der Waals surface area contributed by atoms with E-state index in [1.165, 1.54) is 25.1 Å². The fraction of sp³-hybridized carbons (Fsp3) is 0.200. The fourth-order valence-electron chi connectivity index (χ4n) is 1.37. The van der Waals surface area contributed by atoms with Gasteiger partial charge in [0.25, 0.3) is 5.69 Å². The molecule has 6 heteroatoms. The molecular formula is C10H9NO5. The minimum absolute atomic E-state index is 0.150. The smallest absolute Gasteiger partial charge is 0.310 e. The molecule has 0 aliphatic heterocycles. The summed E-state index contributed by atoms with van der Waals surface area (Å²) in [6, 6.07) is 3.93. The Morgan fingerprint density at radius 1 is 1.56 bits per heavy atom. The average Bonchev–Trinajstić information content (AvgIpc) is 2.26. The van der Waals surface area contributed by atoms with Crippen LogP contribution in [0, 0.1) is 10.1 Å². The number of carbonyl (C=O) groups excluding carboxylic acids is 1. The van der Waals surface area contributed by atoms with Crippen molar-refractivity contribution in [3.63, 3.8) is 0 Å². The minimum atomic E-state index is -1.14. The zero-order valence-electron chi connectivity index (χ0n) is 8.41. The number of hydrogen-bond acceptors (Lipinski definition) is 4. The van der Waals surface area contributed by atoms with Crippen LogP contribution >= 0.6 is 0 Å². The van der Waals surface area contributed by atoms with Gasteiger partial charge in [-0.15, -0.1) is 0 Å². The van der Waals surface area contributed by atoms with Gasteiger partial charge in [-0.1, -0.05) is 12.1 Å². The number of nitrogens with zero attached hydrogens (tertiary/aromatic N) is 1. The maximum atomic E-state index is 10.8. The zero-order chi connectivity index (χ0) is 12.3. The summed E-state index contributed by atoms with van der Waals surface area (Å²) < 4.78 is 0. The molecule has 1 rings (SSSR count). The molecule has 0 saturated carbocycles. The molecule has 0 fully saturated rings. The number of aldehydes is 1. The lowest BCUT2D eigenvalue weighted by Gasteiger charge is -2.08. The minimum Gasteiger partial charge on any atom is -0.481 e. The molecule has 0 aromatic heterocycles. The molecule has 0 heterocycles. The van der Waals surface area contributed by atoms with E-state index in [0.29, 0.717) is 6.29 Å². The molecule has 6 nitrogen and oxygen atoms in total. The van der Waals surface area contributed by atoms with E-state index in [9.17, 15) is 19.7 Å². The number of nitro groups is 1. The molecule has 0 radical (unpaired) electrons. The second kappa shape index (κ2) is 4.52. The van der Waals surface area contributed by atoms with Crippen molar-refractivity contribution in [1.29, 1.82) is 0 Å². The molecule has 0 saturated heterocycles. The first-order chi connectivity index (χ1) is 7.49. The molecular weight excluding hydrogens is 214 g/mol. The van der Waals surface area contributed by atoms with Crippen LogP contribution in [0.2, 0.25) is 0 Å². The van der Waals surface area contributed by atoms with E-state index in [1.807, 2.05) is 0 Å². The van der Waals surface area contributed by atoms with E-state index in [-0.39, 0.29) is 16.8 Å². The van der Waals surface area contributed by atoms with Crippen molar-refractivity contribution in [2.45, 2.75) is 12.8 Å². The van der Waals surface area contributed by atoms with E-state index < -0.39 is 16.8 Å². The standard InChI is InChI=1S/C10H9NO5/c1-6(10(13)14)7-3-2-4-9(11(15)16)8(7)5-12/h2-6H,1H3,(H,13,14). The van der Waals surface area contributed by atoms with E-state index in [2.05, 4.69) is 0 Å². The van der Waals surface area contributed by atoms with Crippen molar-refractivity contribution in [3.8, 4) is 0 Å². The first-order valence-corrected chi connectivity index (χ1v) is 4.44. The number of hydrogen-bond donors (Lipinski definition) is 1. The van der Waals surface area contributed by atoms with Crippen LogP contribution in [0.1, 0.15) is 28.8 Å². The van der Waals surface area contributed by atoms with Crippen LogP contribution < -0.4 is 0 Å². The van der Waals surface area contributed by atoms with E-state index in [1.54, 1.807) is 0 Å². The van der Waals surface area contributed by atoms with E-state index in [0.717, 1.165) is 0 Å². The highest BCUT2D eigenvalue weighted by Crippen LogP contribution is 2.26.